The van der Waals surface area contributed by atoms with Gasteiger partial charge in [0, 0.05) is 5.41 Å². The molecule has 2 aromatic rings. The van der Waals surface area contributed by atoms with Gasteiger partial charge in [0.2, 0.25) is 0 Å². The molecule has 0 saturated heterocycles. The molecule has 168 valence electrons. The highest BCUT2D eigenvalue weighted by Crippen LogP contribution is 2.61. The van der Waals surface area contributed by atoms with Gasteiger partial charge in [0.05, 0.1) is 12.7 Å². The van der Waals surface area contributed by atoms with Gasteiger partial charge in [0.15, 0.2) is 5.78 Å². The summed E-state index contributed by atoms with van der Waals surface area (Å²) < 4.78 is 44.8. The number of allylic oxidation sites excluding steroid dienone is 1. The first-order chi connectivity index (χ1) is 15.2. The van der Waals surface area contributed by atoms with Crippen molar-refractivity contribution in [2.45, 2.75) is 51.1 Å². The van der Waals surface area contributed by atoms with Gasteiger partial charge in [-0.25, -0.2) is 0 Å². The first-order valence-electron chi connectivity index (χ1n) is 11.3. The topological polar surface area (TPSA) is 26.3 Å². The first kappa shape index (κ1) is 21.3. The number of rotatable bonds is 2. The number of alkyl halides is 3. The fraction of sp³-hybridized carbons (Fsp3) is 0.444. The van der Waals surface area contributed by atoms with Crippen molar-refractivity contribution >= 4 is 11.9 Å². The number of fused-ring (bicyclic) bond motifs is 5. The lowest BCUT2D eigenvalue weighted by atomic mass is 9.55. The molecule has 5 heteroatoms. The number of Topliss-reactive ketones (excluding diaryl/α,β-unsaturated/α-hetero) is 1. The van der Waals surface area contributed by atoms with Crippen molar-refractivity contribution < 1.29 is 22.7 Å². The SMILES string of the molecule is COc1ccc2c(c1)CC[C@@H]1[C@@H]2CC[C@]2(C)C(=O)/C(=C/c3cccc(C(F)(F)F)c3)C[C@@H]12. The molecule has 0 radical (unpaired) electrons. The predicted molar refractivity (Wildman–Crippen MR) is 117 cm³/mol. The summed E-state index contributed by atoms with van der Waals surface area (Å²) in [6.07, 6.45) is 1.76. The van der Waals surface area contributed by atoms with Crippen LogP contribution in [0.25, 0.3) is 6.08 Å². The highest BCUT2D eigenvalue weighted by molar-refractivity contribution is 6.06. The molecule has 5 rings (SSSR count). The van der Waals surface area contributed by atoms with Crippen molar-refractivity contribution in [3.63, 3.8) is 0 Å². The normalized spacial score (nSPS) is 30.6. The molecule has 3 aliphatic carbocycles. The molecular formula is C27H27F3O2. The zero-order valence-corrected chi connectivity index (χ0v) is 18.3. The lowest BCUT2D eigenvalue weighted by Gasteiger charge is -2.48. The maximum absolute atomic E-state index is 13.4. The van der Waals surface area contributed by atoms with Crippen molar-refractivity contribution in [3.05, 3.63) is 70.3 Å². The van der Waals surface area contributed by atoms with Gasteiger partial charge < -0.3 is 4.74 Å². The van der Waals surface area contributed by atoms with E-state index in [2.05, 4.69) is 19.1 Å². The number of benzene rings is 2. The highest BCUT2D eigenvalue weighted by Gasteiger charge is 2.56. The summed E-state index contributed by atoms with van der Waals surface area (Å²) in [4.78, 5) is 13.4. The fourth-order valence-corrected chi connectivity index (χ4v) is 6.49. The quantitative estimate of drug-likeness (QED) is 0.478. The maximum Gasteiger partial charge on any atom is 0.416 e. The van der Waals surface area contributed by atoms with E-state index in [4.69, 9.17) is 4.74 Å². The minimum absolute atomic E-state index is 0.124. The third-order valence-electron chi connectivity index (χ3n) is 8.13. The van der Waals surface area contributed by atoms with Crippen LogP contribution in [-0.4, -0.2) is 12.9 Å². The molecule has 0 unspecified atom stereocenters. The number of carbonyl (C=O) groups is 1. The number of halogens is 3. The monoisotopic (exact) mass is 440 g/mol. The van der Waals surface area contributed by atoms with E-state index in [1.54, 1.807) is 19.3 Å². The third kappa shape index (κ3) is 3.37. The molecule has 0 aromatic heterocycles. The van der Waals surface area contributed by atoms with Crippen LogP contribution in [0.4, 0.5) is 13.2 Å². The Morgan fingerprint density at radius 3 is 2.69 bits per heavy atom. The Balaban J connectivity index is 1.46. The Morgan fingerprint density at radius 1 is 1.12 bits per heavy atom. The van der Waals surface area contributed by atoms with Crippen LogP contribution < -0.4 is 4.74 Å². The van der Waals surface area contributed by atoms with Gasteiger partial charge >= 0.3 is 6.18 Å². The first-order valence-corrected chi connectivity index (χ1v) is 11.3. The summed E-state index contributed by atoms with van der Waals surface area (Å²) in [6.45, 7) is 2.08. The Kier molecular flexibility index (Phi) is 4.99. The van der Waals surface area contributed by atoms with Crippen molar-refractivity contribution in [1.29, 1.82) is 0 Å². The van der Waals surface area contributed by atoms with Crippen LogP contribution in [0.3, 0.4) is 0 Å². The van der Waals surface area contributed by atoms with E-state index >= 15 is 0 Å². The molecule has 0 aliphatic heterocycles. The molecule has 2 saturated carbocycles. The van der Waals surface area contributed by atoms with Crippen molar-refractivity contribution in [2.24, 2.45) is 17.3 Å². The Labute approximate surface area is 186 Å². The molecule has 0 amide bonds. The van der Waals surface area contributed by atoms with E-state index in [-0.39, 0.29) is 11.7 Å². The molecule has 0 bridgehead atoms. The Bertz CT molecular complexity index is 1100. The summed E-state index contributed by atoms with van der Waals surface area (Å²) >= 11 is 0. The van der Waals surface area contributed by atoms with E-state index < -0.39 is 17.2 Å². The number of hydrogen-bond donors (Lipinski definition) is 0. The highest BCUT2D eigenvalue weighted by atomic mass is 19.4. The molecule has 2 aromatic carbocycles. The van der Waals surface area contributed by atoms with E-state index in [1.165, 1.54) is 17.2 Å². The minimum Gasteiger partial charge on any atom is -0.497 e. The number of aryl methyl sites for hydroxylation is 1. The molecule has 0 heterocycles. The summed E-state index contributed by atoms with van der Waals surface area (Å²) in [7, 11) is 1.68. The third-order valence-corrected chi connectivity index (χ3v) is 8.13. The second-order valence-electron chi connectivity index (χ2n) is 9.76. The molecule has 2 nitrogen and oxygen atoms in total. The second-order valence-corrected chi connectivity index (χ2v) is 9.76. The van der Waals surface area contributed by atoms with Crippen LogP contribution in [0.5, 0.6) is 5.75 Å². The smallest absolute Gasteiger partial charge is 0.416 e. The number of ketones is 1. The van der Waals surface area contributed by atoms with Gasteiger partial charge in [0.1, 0.15) is 5.75 Å². The Hall–Kier alpha value is -2.56. The van der Waals surface area contributed by atoms with Crippen LogP contribution in [0.2, 0.25) is 0 Å². The van der Waals surface area contributed by atoms with E-state index in [9.17, 15) is 18.0 Å². The van der Waals surface area contributed by atoms with E-state index in [0.717, 1.165) is 43.6 Å². The number of carbonyl (C=O) groups excluding carboxylic acids is 1. The lowest BCUT2D eigenvalue weighted by Crippen LogP contribution is -2.42. The lowest BCUT2D eigenvalue weighted by molar-refractivity contribution is -0.137. The van der Waals surface area contributed by atoms with Crippen LogP contribution in [0, 0.1) is 17.3 Å². The van der Waals surface area contributed by atoms with E-state index in [0.29, 0.717) is 29.4 Å². The number of ether oxygens (including phenoxy) is 1. The average Bonchev–Trinajstić information content (AvgIpc) is 3.03. The molecule has 4 atom stereocenters. The molecular weight excluding hydrogens is 413 g/mol. The largest absolute Gasteiger partial charge is 0.497 e. The minimum atomic E-state index is -4.39. The van der Waals surface area contributed by atoms with Crippen LogP contribution >= 0.6 is 0 Å². The summed E-state index contributed by atoms with van der Waals surface area (Å²) in [5, 5.41) is 0. The second kappa shape index (κ2) is 7.50. The molecule has 0 spiro atoms. The van der Waals surface area contributed by atoms with Crippen molar-refractivity contribution in [1.82, 2.24) is 0 Å². The van der Waals surface area contributed by atoms with Gasteiger partial charge in [-0.2, -0.15) is 13.2 Å². The van der Waals surface area contributed by atoms with Gasteiger partial charge in [-0.05, 0) is 102 Å². The molecule has 32 heavy (non-hydrogen) atoms. The fourth-order valence-electron chi connectivity index (χ4n) is 6.49. The number of methoxy groups -OCH3 is 1. The molecule has 0 N–H and O–H groups in total. The summed E-state index contributed by atoms with van der Waals surface area (Å²) in [5.41, 5.74) is 2.75. The maximum atomic E-state index is 13.4. The number of hydrogen-bond acceptors (Lipinski definition) is 2. The zero-order chi connectivity index (χ0) is 22.7. The summed E-state index contributed by atoms with van der Waals surface area (Å²) in [5.74, 6) is 2.10. The van der Waals surface area contributed by atoms with Gasteiger partial charge in [-0.1, -0.05) is 25.1 Å². The zero-order valence-electron chi connectivity index (χ0n) is 18.3. The average molecular weight is 441 g/mol. The van der Waals surface area contributed by atoms with Crippen LogP contribution in [0.1, 0.15) is 60.8 Å². The predicted octanol–water partition coefficient (Wildman–Crippen LogP) is 6.83. The van der Waals surface area contributed by atoms with Crippen molar-refractivity contribution in [3.8, 4) is 5.75 Å². The molecule has 2 fully saturated rings. The van der Waals surface area contributed by atoms with E-state index in [1.807, 2.05) is 6.07 Å². The van der Waals surface area contributed by atoms with Gasteiger partial charge in [-0.3, -0.25) is 4.79 Å². The van der Waals surface area contributed by atoms with Crippen molar-refractivity contribution in [2.75, 3.05) is 7.11 Å². The summed E-state index contributed by atoms with van der Waals surface area (Å²) in [6, 6.07) is 11.6. The van der Waals surface area contributed by atoms with Gasteiger partial charge in [0.25, 0.3) is 0 Å². The molecule has 3 aliphatic rings. The van der Waals surface area contributed by atoms with Gasteiger partial charge in [-0.15, -0.1) is 0 Å². The van der Waals surface area contributed by atoms with Crippen LogP contribution in [-0.2, 0) is 17.4 Å². The van der Waals surface area contributed by atoms with Crippen LogP contribution in [0.15, 0.2) is 48.0 Å². The Morgan fingerprint density at radius 2 is 1.94 bits per heavy atom. The standard InChI is InChI=1S/C27H27F3O2/c1-26-11-10-22-21-9-7-20(32-2)14-17(21)6-8-23(22)24(26)15-18(25(26)31)12-16-4-3-5-19(13-16)27(28,29)30/h3-5,7,9,12-14,22-24H,6,8,10-11,15H2,1-2H3/b18-12+/t22-,23-,24+,26+/m1/s1.